The van der Waals surface area contributed by atoms with Crippen LogP contribution in [0.15, 0.2) is 42.5 Å². The number of hydrogen-bond acceptors (Lipinski definition) is 1. The SMILES string of the molecule is Cc1ccccc1CNC(=O)Nc1ccc(F)cc1F. The Balaban J connectivity index is 1.94. The fourth-order valence-corrected chi connectivity index (χ4v) is 1.74. The Hall–Kier alpha value is -2.43. The predicted molar refractivity (Wildman–Crippen MR) is 73.4 cm³/mol. The summed E-state index contributed by atoms with van der Waals surface area (Å²) >= 11 is 0. The van der Waals surface area contributed by atoms with Gasteiger partial charge in [-0.2, -0.15) is 0 Å². The first-order valence-corrected chi connectivity index (χ1v) is 6.10. The van der Waals surface area contributed by atoms with Gasteiger partial charge in [-0.3, -0.25) is 0 Å². The third kappa shape index (κ3) is 3.54. The molecule has 0 aliphatic carbocycles. The zero-order valence-corrected chi connectivity index (χ0v) is 10.9. The van der Waals surface area contributed by atoms with E-state index >= 15 is 0 Å². The minimum atomic E-state index is -0.809. The number of carbonyl (C=O) groups is 1. The lowest BCUT2D eigenvalue weighted by Crippen LogP contribution is -2.28. The Morgan fingerprint density at radius 1 is 1.15 bits per heavy atom. The molecule has 3 nitrogen and oxygen atoms in total. The Labute approximate surface area is 115 Å². The molecule has 0 aliphatic heterocycles. The van der Waals surface area contributed by atoms with Crippen LogP contribution in [0.1, 0.15) is 11.1 Å². The molecule has 5 heteroatoms. The number of amides is 2. The van der Waals surface area contributed by atoms with E-state index in [0.717, 1.165) is 23.3 Å². The molecule has 2 aromatic carbocycles. The average Bonchev–Trinajstić information content (AvgIpc) is 2.41. The summed E-state index contributed by atoms with van der Waals surface area (Å²) in [4.78, 5) is 11.7. The lowest BCUT2D eigenvalue weighted by Gasteiger charge is -2.10. The van der Waals surface area contributed by atoms with E-state index in [1.165, 1.54) is 6.07 Å². The van der Waals surface area contributed by atoms with Gasteiger partial charge < -0.3 is 10.6 Å². The van der Waals surface area contributed by atoms with Gasteiger partial charge in [-0.1, -0.05) is 24.3 Å². The van der Waals surface area contributed by atoms with E-state index in [2.05, 4.69) is 10.6 Å². The van der Waals surface area contributed by atoms with Crippen molar-refractivity contribution in [3.8, 4) is 0 Å². The number of rotatable bonds is 3. The normalized spacial score (nSPS) is 10.2. The number of nitrogens with one attached hydrogen (secondary N) is 2. The quantitative estimate of drug-likeness (QED) is 0.883. The Kier molecular flexibility index (Phi) is 4.30. The summed E-state index contributed by atoms with van der Waals surface area (Å²) in [5, 5.41) is 4.96. The van der Waals surface area contributed by atoms with E-state index in [1.807, 2.05) is 31.2 Å². The fraction of sp³-hybridized carbons (Fsp3) is 0.133. The number of anilines is 1. The van der Waals surface area contributed by atoms with E-state index < -0.39 is 17.7 Å². The van der Waals surface area contributed by atoms with Crippen molar-refractivity contribution in [3.05, 3.63) is 65.2 Å². The molecule has 2 N–H and O–H groups in total. The number of hydrogen-bond donors (Lipinski definition) is 2. The summed E-state index contributed by atoms with van der Waals surface area (Å²) in [6.07, 6.45) is 0. The fourth-order valence-electron chi connectivity index (χ4n) is 1.74. The molecule has 0 atom stereocenters. The molecule has 0 saturated carbocycles. The largest absolute Gasteiger partial charge is 0.334 e. The van der Waals surface area contributed by atoms with Gasteiger partial charge in [-0.15, -0.1) is 0 Å². The van der Waals surface area contributed by atoms with Crippen LogP contribution in [0.4, 0.5) is 19.3 Å². The third-order valence-electron chi connectivity index (χ3n) is 2.88. The Morgan fingerprint density at radius 3 is 2.60 bits per heavy atom. The first-order chi connectivity index (χ1) is 9.56. The summed E-state index contributed by atoms with van der Waals surface area (Å²) in [5.74, 6) is -1.50. The topological polar surface area (TPSA) is 41.1 Å². The molecule has 0 spiro atoms. The standard InChI is InChI=1S/C15H14F2N2O/c1-10-4-2-3-5-11(10)9-18-15(20)19-14-7-6-12(16)8-13(14)17/h2-8H,9H2,1H3,(H2,18,19,20). The van der Waals surface area contributed by atoms with Crippen LogP contribution in [0.3, 0.4) is 0 Å². The second-order valence-electron chi connectivity index (χ2n) is 4.36. The molecule has 2 rings (SSSR count). The number of urea groups is 1. The molecule has 0 radical (unpaired) electrons. The maximum atomic E-state index is 13.4. The van der Waals surface area contributed by atoms with Crippen molar-refractivity contribution in [2.75, 3.05) is 5.32 Å². The van der Waals surface area contributed by atoms with Crippen LogP contribution in [-0.4, -0.2) is 6.03 Å². The highest BCUT2D eigenvalue weighted by atomic mass is 19.1. The third-order valence-corrected chi connectivity index (χ3v) is 2.88. The van der Waals surface area contributed by atoms with Crippen molar-refractivity contribution >= 4 is 11.7 Å². The average molecular weight is 276 g/mol. The zero-order chi connectivity index (χ0) is 14.5. The molecule has 104 valence electrons. The molecular weight excluding hydrogens is 262 g/mol. The molecule has 0 unspecified atom stereocenters. The molecular formula is C15H14F2N2O. The maximum absolute atomic E-state index is 13.4. The Morgan fingerprint density at radius 2 is 1.90 bits per heavy atom. The number of benzene rings is 2. The van der Waals surface area contributed by atoms with Crippen LogP contribution in [-0.2, 0) is 6.54 Å². The van der Waals surface area contributed by atoms with Crippen LogP contribution in [0.2, 0.25) is 0 Å². The molecule has 0 aliphatic rings. The van der Waals surface area contributed by atoms with Gasteiger partial charge in [0.15, 0.2) is 0 Å². The van der Waals surface area contributed by atoms with Gasteiger partial charge in [0, 0.05) is 12.6 Å². The Bertz CT molecular complexity index is 629. The highest BCUT2D eigenvalue weighted by Gasteiger charge is 2.07. The van der Waals surface area contributed by atoms with Crippen LogP contribution >= 0.6 is 0 Å². The van der Waals surface area contributed by atoms with Gasteiger partial charge >= 0.3 is 6.03 Å². The second kappa shape index (κ2) is 6.14. The van der Waals surface area contributed by atoms with E-state index in [4.69, 9.17) is 0 Å². The summed E-state index contributed by atoms with van der Waals surface area (Å²) in [6.45, 7) is 2.27. The lowest BCUT2D eigenvalue weighted by atomic mass is 10.1. The molecule has 0 bridgehead atoms. The molecule has 0 heterocycles. The number of halogens is 2. The zero-order valence-electron chi connectivity index (χ0n) is 10.9. The lowest BCUT2D eigenvalue weighted by molar-refractivity contribution is 0.251. The maximum Gasteiger partial charge on any atom is 0.319 e. The van der Waals surface area contributed by atoms with Crippen LogP contribution in [0.25, 0.3) is 0 Å². The molecule has 0 aromatic heterocycles. The second-order valence-corrected chi connectivity index (χ2v) is 4.36. The van der Waals surface area contributed by atoms with Crippen LogP contribution < -0.4 is 10.6 Å². The van der Waals surface area contributed by atoms with Crippen molar-refractivity contribution < 1.29 is 13.6 Å². The highest BCUT2D eigenvalue weighted by molar-refractivity contribution is 5.89. The van der Waals surface area contributed by atoms with Crippen molar-refractivity contribution in [2.45, 2.75) is 13.5 Å². The summed E-state index contributed by atoms with van der Waals surface area (Å²) < 4.78 is 26.1. The van der Waals surface area contributed by atoms with Crippen LogP contribution in [0.5, 0.6) is 0 Å². The van der Waals surface area contributed by atoms with Crippen molar-refractivity contribution in [1.29, 1.82) is 0 Å². The monoisotopic (exact) mass is 276 g/mol. The van der Waals surface area contributed by atoms with Crippen molar-refractivity contribution in [1.82, 2.24) is 5.32 Å². The minimum Gasteiger partial charge on any atom is -0.334 e. The van der Waals surface area contributed by atoms with E-state index in [1.54, 1.807) is 0 Å². The van der Waals surface area contributed by atoms with Gasteiger partial charge in [-0.05, 0) is 30.2 Å². The first-order valence-electron chi connectivity index (χ1n) is 6.10. The number of aryl methyl sites for hydroxylation is 1. The summed E-state index contributed by atoms with van der Waals surface area (Å²) in [7, 11) is 0. The van der Waals surface area contributed by atoms with Gasteiger partial charge in [0.2, 0.25) is 0 Å². The molecule has 0 saturated heterocycles. The summed E-state index contributed by atoms with van der Waals surface area (Å²) in [5.41, 5.74) is 1.97. The molecule has 2 aromatic rings. The minimum absolute atomic E-state index is 0.0614. The van der Waals surface area contributed by atoms with Gasteiger partial charge in [0.1, 0.15) is 11.6 Å². The smallest absolute Gasteiger partial charge is 0.319 e. The predicted octanol–water partition coefficient (Wildman–Crippen LogP) is 3.59. The van der Waals surface area contributed by atoms with Gasteiger partial charge in [-0.25, -0.2) is 13.6 Å². The van der Waals surface area contributed by atoms with Gasteiger partial charge in [0.25, 0.3) is 0 Å². The van der Waals surface area contributed by atoms with Gasteiger partial charge in [0.05, 0.1) is 5.69 Å². The first kappa shape index (κ1) is 14.0. The van der Waals surface area contributed by atoms with Crippen molar-refractivity contribution in [2.24, 2.45) is 0 Å². The molecule has 0 fully saturated rings. The van der Waals surface area contributed by atoms with Crippen molar-refractivity contribution in [3.63, 3.8) is 0 Å². The molecule has 2 amide bonds. The summed E-state index contributed by atoms with van der Waals surface area (Å²) in [6, 6.07) is 10.1. The highest BCUT2D eigenvalue weighted by Crippen LogP contribution is 2.14. The van der Waals surface area contributed by atoms with Crippen LogP contribution in [0, 0.1) is 18.6 Å². The van der Waals surface area contributed by atoms with E-state index in [9.17, 15) is 13.6 Å². The number of carbonyl (C=O) groups excluding carboxylic acids is 1. The van der Waals surface area contributed by atoms with E-state index in [0.29, 0.717) is 6.54 Å². The molecule has 20 heavy (non-hydrogen) atoms. The van der Waals surface area contributed by atoms with E-state index in [-0.39, 0.29) is 5.69 Å².